The molecule has 2 nitrogen and oxygen atoms in total. The van der Waals surface area contributed by atoms with Crippen LogP contribution in [0.15, 0.2) is 0 Å². The molecule has 88 valence electrons. The first-order valence-corrected chi connectivity index (χ1v) is 5.73. The van der Waals surface area contributed by atoms with Crippen LogP contribution in [0.25, 0.3) is 0 Å². The molecule has 0 unspecified atom stereocenters. The molecule has 0 atom stereocenters. The Morgan fingerprint density at radius 3 is 1.21 bits per heavy atom. The van der Waals surface area contributed by atoms with Crippen LogP contribution >= 0.6 is 0 Å². The zero-order valence-electron chi connectivity index (χ0n) is 11.0. The minimum Gasteiger partial charge on any atom is -0.396 e. The molecule has 0 heterocycles. The second-order valence-corrected chi connectivity index (χ2v) is 4.59. The van der Waals surface area contributed by atoms with Gasteiger partial charge < -0.3 is 5.11 Å². The van der Waals surface area contributed by atoms with E-state index in [1.54, 1.807) is 0 Å². The number of aliphatic hydroxyl groups is 1. The van der Waals surface area contributed by atoms with Gasteiger partial charge in [0.25, 0.3) is 0 Å². The standard InChI is InChI=1S/C8H19N.C4H10O/c1-6-9(7(2)3)8(4)5;1-4(2)3-5/h7-8H,6H2,1-5H3;4-5H,3H2,1-2H3. The van der Waals surface area contributed by atoms with Crippen molar-refractivity contribution in [2.45, 2.75) is 60.5 Å². The molecule has 0 aliphatic heterocycles. The summed E-state index contributed by atoms with van der Waals surface area (Å²) in [7, 11) is 0. The SMILES string of the molecule is CC(C)CO.CCN(C(C)C)C(C)C. The van der Waals surface area contributed by atoms with Gasteiger partial charge >= 0.3 is 0 Å². The Morgan fingerprint density at radius 1 is 0.929 bits per heavy atom. The van der Waals surface area contributed by atoms with Crippen molar-refractivity contribution in [1.29, 1.82) is 0 Å². The highest BCUT2D eigenvalue weighted by atomic mass is 16.3. The summed E-state index contributed by atoms with van der Waals surface area (Å²) >= 11 is 0. The zero-order chi connectivity index (χ0) is 11.7. The minimum atomic E-state index is 0.306. The van der Waals surface area contributed by atoms with Crippen LogP contribution in [-0.4, -0.2) is 35.2 Å². The van der Waals surface area contributed by atoms with Gasteiger partial charge in [-0.05, 0) is 40.2 Å². The van der Waals surface area contributed by atoms with Crippen LogP contribution in [0.2, 0.25) is 0 Å². The third-order valence-electron chi connectivity index (χ3n) is 2.06. The summed E-state index contributed by atoms with van der Waals surface area (Å²) < 4.78 is 0. The van der Waals surface area contributed by atoms with Crippen molar-refractivity contribution in [3.05, 3.63) is 0 Å². The molecular formula is C12H29NO. The van der Waals surface area contributed by atoms with E-state index < -0.39 is 0 Å². The average Bonchev–Trinajstić information content (AvgIpc) is 2.05. The van der Waals surface area contributed by atoms with Crippen molar-refractivity contribution in [3.63, 3.8) is 0 Å². The number of nitrogens with zero attached hydrogens (tertiary/aromatic N) is 1. The second kappa shape index (κ2) is 9.47. The normalized spacial score (nSPS) is 11.1. The summed E-state index contributed by atoms with van der Waals surface area (Å²) in [5.74, 6) is 0.440. The predicted molar refractivity (Wildman–Crippen MR) is 64.6 cm³/mol. The van der Waals surface area contributed by atoms with Crippen LogP contribution in [0.5, 0.6) is 0 Å². The molecule has 0 rings (SSSR count). The maximum absolute atomic E-state index is 8.14. The molecule has 0 saturated heterocycles. The van der Waals surface area contributed by atoms with Gasteiger partial charge in [-0.15, -0.1) is 0 Å². The third kappa shape index (κ3) is 10.0. The van der Waals surface area contributed by atoms with E-state index in [-0.39, 0.29) is 0 Å². The van der Waals surface area contributed by atoms with Crippen LogP contribution in [0.1, 0.15) is 48.5 Å². The first-order chi connectivity index (χ1) is 6.36. The fourth-order valence-electron chi connectivity index (χ4n) is 1.33. The Morgan fingerprint density at radius 2 is 1.21 bits per heavy atom. The monoisotopic (exact) mass is 203 g/mol. The van der Waals surface area contributed by atoms with Crippen molar-refractivity contribution >= 4 is 0 Å². The van der Waals surface area contributed by atoms with E-state index in [1.807, 2.05) is 13.8 Å². The number of rotatable bonds is 4. The summed E-state index contributed by atoms with van der Waals surface area (Å²) in [6.45, 7) is 16.6. The molecule has 0 aliphatic rings. The van der Waals surface area contributed by atoms with Gasteiger partial charge in [0.2, 0.25) is 0 Å². The largest absolute Gasteiger partial charge is 0.396 e. The highest BCUT2D eigenvalue weighted by molar-refractivity contribution is 4.64. The van der Waals surface area contributed by atoms with E-state index in [1.165, 1.54) is 0 Å². The van der Waals surface area contributed by atoms with Gasteiger partial charge in [-0.25, -0.2) is 0 Å². The van der Waals surface area contributed by atoms with Gasteiger partial charge in [-0.3, -0.25) is 4.90 Å². The summed E-state index contributed by atoms with van der Waals surface area (Å²) in [4.78, 5) is 2.46. The van der Waals surface area contributed by atoms with Crippen molar-refractivity contribution in [2.24, 2.45) is 5.92 Å². The Hall–Kier alpha value is -0.0800. The third-order valence-corrected chi connectivity index (χ3v) is 2.06. The molecule has 0 aromatic carbocycles. The number of hydrogen-bond acceptors (Lipinski definition) is 2. The predicted octanol–water partition coefficient (Wildman–Crippen LogP) is 2.76. The van der Waals surface area contributed by atoms with Gasteiger partial charge in [0.15, 0.2) is 0 Å². The molecule has 2 heteroatoms. The molecule has 0 fully saturated rings. The Kier molecular flexibility index (Phi) is 11.1. The molecule has 0 aromatic heterocycles. The van der Waals surface area contributed by atoms with Gasteiger partial charge in [-0.2, -0.15) is 0 Å². The highest BCUT2D eigenvalue weighted by Crippen LogP contribution is 2.02. The molecule has 0 aliphatic carbocycles. The number of hydrogen-bond donors (Lipinski definition) is 1. The highest BCUT2D eigenvalue weighted by Gasteiger charge is 2.08. The average molecular weight is 203 g/mol. The lowest BCUT2D eigenvalue weighted by molar-refractivity contribution is 0.185. The van der Waals surface area contributed by atoms with E-state index in [9.17, 15) is 0 Å². The lowest BCUT2D eigenvalue weighted by Gasteiger charge is -2.28. The first kappa shape index (κ1) is 16.4. The molecule has 14 heavy (non-hydrogen) atoms. The van der Waals surface area contributed by atoms with Crippen molar-refractivity contribution in [2.75, 3.05) is 13.2 Å². The van der Waals surface area contributed by atoms with Crippen molar-refractivity contribution < 1.29 is 5.11 Å². The fraction of sp³-hybridized carbons (Fsp3) is 1.00. The zero-order valence-corrected chi connectivity index (χ0v) is 11.0. The minimum absolute atomic E-state index is 0.306. The maximum Gasteiger partial charge on any atom is 0.0453 e. The Labute approximate surface area is 90.3 Å². The van der Waals surface area contributed by atoms with Gasteiger partial charge in [0, 0.05) is 18.7 Å². The van der Waals surface area contributed by atoms with E-state index in [0.717, 1.165) is 6.54 Å². The Bertz CT molecular complexity index is 103. The first-order valence-electron chi connectivity index (χ1n) is 5.73. The van der Waals surface area contributed by atoms with Crippen LogP contribution in [0, 0.1) is 5.92 Å². The summed E-state index contributed by atoms with van der Waals surface area (Å²) in [6.07, 6.45) is 0. The van der Waals surface area contributed by atoms with Crippen LogP contribution < -0.4 is 0 Å². The molecule has 0 radical (unpaired) electrons. The smallest absolute Gasteiger partial charge is 0.0453 e. The summed E-state index contributed by atoms with van der Waals surface area (Å²) in [6, 6.07) is 1.38. The van der Waals surface area contributed by atoms with Crippen LogP contribution in [0.4, 0.5) is 0 Å². The molecule has 0 aromatic rings. The fourth-order valence-corrected chi connectivity index (χ4v) is 1.33. The quantitative estimate of drug-likeness (QED) is 0.759. The van der Waals surface area contributed by atoms with E-state index in [2.05, 4.69) is 39.5 Å². The lowest BCUT2D eigenvalue weighted by atomic mass is 10.2. The number of aliphatic hydroxyl groups excluding tert-OH is 1. The molecule has 1 N–H and O–H groups in total. The summed E-state index contributed by atoms with van der Waals surface area (Å²) in [5.41, 5.74) is 0. The van der Waals surface area contributed by atoms with Crippen LogP contribution in [0.3, 0.4) is 0 Å². The van der Waals surface area contributed by atoms with Crippen molar-refractivity contribution in [3.8, 4) is 0 Å². The van der Waals surface area contributed by atoms with E-state index in [0.29, 0.717) is 24.6 Å². The molecular weight excluding hydrogens is 174 g/mol. The van der Waals surface area contributed by atoms with Gasteiger partial charge in [0.05, 0.1) is 0 Å². The van der Waals surface area contributed by atoms with Crippen molar-refractivity contribution in [1.82, 2.24) is 4.90 Å². The van der Waals surface area contributed by atoms with Crippen LogP contribution in [-0.2, 0) is 0 Å². The summed E-state index contributed by atoms with van der Waals surface area (Å²) in [5, 5.41) is 8.14. The Balaban J connectivity index is 0. The second-order valence-electron chi connectivity index (χ2n) is 4.59. The topological polar surface area (TPSA) is 23.5 Å². The molecule has 0 saturated carbocycles. The molecule has 0 bridgehead atoms. The van der Waals surface area contributed by atoms with E-state index in [4.69, 9.17) is 5.11 Å². The maximum atomic E-state index is 8.14. The lowest BCUT2D eigenvalue weighted by Crippen LogP contribution is -2.36. The van der Waals surface area contributed by atoms with Gasteiger partial charge in [-0.1, -0.05) is 20.8 Å². The van der Waals surface area contributed by atoms with Gasteiger partial charge in [0.1, 0.15) is 0 Å². The van der Waals surface area contributed by atoms with E-state index >= 15 is 0 Å². The molecule has 0 amide bonds. The molecule has 0 spiro atoms.